The van der Waals surface area contributed by atoms with E-state index in [0.717, 1.165) is 19.3 Å². The Balaban J connectivity index is 1.88. The Labute approximate surface area is 132 Å². The van der Waals surface area contributed by atoms with Crippen molar-refractivity contribution in [2.45, 2.75) is 37.5 Å². The first-order valence-corrected chi connectivity index (χ1v) is 9.30. The van der Waals surface area contributed by atoms with Gasteiger partial charge in [0.05, 0.1) is 4.90 Å². The molecule has 5 nitrogen and oxygen atoms in total. The van der Waals surface area contributed by atoms with Crippen molar-refractivity contribution >= 4 is 15.9 Å². The topological polar surface area (TPSA) is 66.5 Å². The number of carbonyl (C=O) groups is 1. The number of nitrogens with zero attached hydrogens (tertiary/aromatic N) is 1. The monoisotopic (exact) mass is 324 g/mol. The summed E-state index contributed by atoms with van der Waals surface area (Å²) in [7, 11) is -3.40. The van der Waals surface area contributed by atoms with Crippen molar-refractivity contribution in [2.75, 3.05) is 19.6 Å². The van der Waals surface area contributed by atoms with Crippen molar-refractivity contribution in [3.63, 3.8) is 0 Å². The number of hydrogen-bond acceptors (Lipinski definition) is 3. The van der Waals surface area contributed by atoms with Crippen molar-refractivity contribution in [2.24, 2.45) is 5.92 Å². The Morgan fingerprint density at radius 1 is 1.23 bits per heavy atom. The van der Waals surface area contributed by atoms with Gasteiger partial charge in [0.15, 0.2) is 0 Å². The number of amides is 1. The molecule has 1 saturated heterocycles. The van der Waals surface area contributed by atoms with Crippen LogP contribution in [0.5, 0.6) is 0 Å². The molecule has 1 heterocycles. The fraction of sp³-hybridized carbons (Fsp3) is 0.562. The van der Waals surface area contributed by atoms with Gasteiger partial charge in [0.2, 0.25) is 15.9 Å². The summed E-state index contributed by atoms with van der Waals surface area (Å²) in [6.07, 6.45) is 2.91. The number of sulfonamides is 1. The highest BCUT2D eigenvalue weighted by Crippen LogP contribution is 2.25. The lowest BCUT2D eigenvalue weighted by molar-refractivity contribution is -0.122. The smallest absolute Gasteiger partial charge is 0.243 e. The summed E-state index contributed by atoms with van der Waals surface area (Å²) in [5, 5.41) is 2.88. The molecule has 1 aliphatic rings. The molecular weight excluding hydrogens is 300 g/mol. The first kappa shape index (κ1) is 17.0. The van der Waals surface area contributed by atoms with Crippen LogP contribution in [0, 0.1) is 5.92 Å². The summed E-state index contributed by atoms with van der Waals surface area (Å²) >= 11 is 0. The summed E-state index contributed by atoms with van der Waals surface area (Å²) in [4.78, 5) is 12.1. The molecule has 122 valence electrons. The Hall–Kier alpha value is -1.40. The number of benzene rings is 1. The molecule has 0 bridgehead atoms. The average Bonchev–Trinajstić information content (AvgIpc) is 2.54. The Kier molecular flexibility index (Phi) is 5.97. The third-order valence-corrected chi connectivity index (χ3v) is 5.91. The summed E-state index contributed by atoms with van der Waals surface area (Å²) in [5.41, 5.74) is 0. The maximum absolute atomic E-state index is 12.5. The Morgan fingerprint density at radius 3 is 2.45 bits per heavy atom. The first-order chi connectivity index (χ1) is 10.5. The van der Waals surface area contributed by atoms with E-state index in [0.29, 0.717) is 31.0 Å². The van der Waals surface area contributed by atoms with E-state index in [1.54, 1.807) is 30.3 Å². The average molecular weight is 324 g/mol. The van der Waals surface area contributed by atoms with Gasteiger partial charge in [-0.2, -0.15) is 4.31 Å². The summed E-state index contributed by atoms with van der Waals surface area (Å²) in [6, 6.07) is 8.52. The molecule has 0 atom stereocenters. The second-order valence-electron chi connectivity index (χ2n) is 5.71. The van der Waals surface area contributed by atoms with Crippen LogP contribution in [0.25, 0.3) is 0 Å². The molecule has 0 aromatic heterocycles. The van der Waals surface area contributed by atoms with Crippen LogP contribution in [-0.2, 0) is 14.8 Å². The Bertz CT molecular complexity index is 579. The normalized spacial score (nSPS) is 17.3. The maximum Gasteiger partial charge on any atom is 0.243 e. The highest BCUT2D eigenvalue weighted by molar-refractivity contribution is 7.89. The van der Waals surface area contributed by atoms with Crippen molar-refractivity contribution in [3.05, 3.63) is 30.3 Å². The van der Waals surface area contributed by atoms with Crippen LogP contribution in [0.15, 0.2) is 35.2 Å². The number of hydrogen-bond donors (Lipinski definition) is 1. The molecule has 1 aromatic rings. The third-order valence-electron chi connectivity index (χ3n) is 4.00. The summed E-state index contributed by atoms with van der Waals surface area (Å²) in [6.45, 7) is 3.71. The van der Waals surface area contributed by atoms with E-state index in [1.807, 2.05) is 6.92 Å². The molecular formula is C16H24N2O3S. The van der Waals surface area contributed by atoms with Gasteiger partial charge in [-0.05, 0) is 37.3 Å². The van der Waals surface area contributed by atoms with Gasteiger partial charge in [0.1, 0.15) is 0 Å². The molecule has 6 heteroatoms. The van der Waals surface area contributed by atoms with Crippen LogP contribution >= 0.6 is 0 Å². The molecule has 0 radical (unpaired) electrons. The van der Waals surface area contributed by atoms with Gasteiger partial charge in [-0.25, -0.2) is 8.42 Å². The molecule has 0 spiro atoms. The largest absolute Gasteiger partial charge is 0.356 e. The van der Waals surface area contributed by atoms with E-state index in [1.165, 1.54) is 4.31 Å². The van der Waals surface area contributed by atoms with Gasteiger partial charge in [-0.3, -0.25) is 4.79 Å². The van der Waals surface area contributed by atoms with Crippen molar-refractivity contribution in [3.8, 4) is 0 Å². The number of piperidine rings is 1. The highest BCUT2D eigenvalue weighted by Gasteiger charge is 2.29. The van der Waals surface area contributed by atoms with Gasteiger partial charge in [0, 0.05) is 26.1 Å². The highest BCUT2D eigenvalue weighted by atomic mass is 32.2. The molecule has 0 aliphatic carbocycles. The lowest BCUT2D eigenvalue weighted by Crippen LogP contribution is -2.39. The zero-order chi connectivity index (χ0) is 16.0. The van der Waals surface area contributed by atoms with E-state index in [2.05, 4.69) is 5.32 Å². The van der Waals surface area contributed by atoms with E-state index in [9.17, 15) is 13.2 Å². The lowest BCUT2D eigenvalue weighted by Gasteiger charge is -2.31. The maximum atomic E-state index is 12.5. The van der Waals surface area contributed by atoms with E-state index < -0.39 is 10.0 Å². The number of carbonyl (C=O) groups excluding carboxylic acids is 1. The van der Waals surface area contributed by atoms with E-state index in [4.69, 9.17) is 0 Å². The van der Waals surface area contributed by atoms with Crippen LogP contribution in [-0.4, -0.2) is 38.3 Å². The standard InChI is InChI=1S/C16H24N2O3S/c1-2-10-17-16(19)13-14-8-11-18(12-9-14)22(20,21)15-6-4-3-5-7-15/h3-7,14H,2,8-13H2,1H3,(H,17,19). The molecule has 1 aromatic carbocycles. The first-order valence-electron chi connectivity index (χ1n) is 7.86. The number of nitrogens with one attached hydrogen (secondary N) is 1. The SMILES string of the molecule is CCCNC(=O)CC1CCN(S(=O)(=O)c2ccccc2)CC1. The van der Waals surface area contributed by atoms with Gasteiger partial charge < -0.3 is 5.32 Å². The van der Waals surface area contributed by atoms with Gasteiger partial charge in [-0.1, -0.05) is 25.1 Å². The second-order valence-corrected chi connectivity index (χ2v) is 7.65. The van der Waals surface area contributed by atoms with Crippen LogP contribution in [0.1, 0.15) is 32.6 Å². The van der Waals surface area contributed by atoms with E-state index in [-0.39, 0.29) is 11.8 Å². The predicted molar refractivity (Wildman–Crippen MR) is 85.8 cm³/mol. The molecule has 1 amide bonds. The van der Waals surface area contributed by atoms with Crippen molar-refractivity contribution in [1.82, 2.24) is 9.62 Å². The van der Waals surface area contributed by atoms with Crippen LogP contribution < -0.4 is 5.32 Å². The molecule has 1 fully saturated rings. The summed E-state index contributed by atoms with van der Waals surface area (Å²) in [5.74, 6) is 0.352. The fourth-order valence-corrected chi connectivity index (χ4v) is 4.18. The molecule has 1 N–H and O–H groups in total. The minimum Gasteiger partial charge on any atom is -0.356 e. The van der Waals surface area contributed by atoms with Crippen LogP contribution in [0.3, 0.4) is 0 Å². The predicted octanol–water partition coefficient (Wildman–Crippen LogP) is 2.00. The zero-order valence-corrected chi connectivity index (χ0v) is 13.8. The third kappa shape index (κ3) is 4.30. The Morgan fingerprint density at radius 2 is 1.86 bits per heavy atom. The molecule has 1 aliphatic heterocycles. The fourth-order valence-electron chi connectivity index (χ4n) is 2.69. The molecule has 0 saturated carbocycles. The second kappa shape index (κ2) is 7.74. The molecule has 22 heavy (non-hydrogen) atoms. The van der Waals surface area contributed by atoms with Gasteiger partial charge >= 0.3 is 0 Å². The minimum atomic E-state index is -3.40. The minimum absolute atomic E-state index is 0.0752. The van der Waals surface area contributed by atoms with Gasteiger partial charge in [0.25, 0.3) is 0 Å². The molecule has 0 unspecified atom stereocenters. The van der Waals surface area contributed by atoms with Crippen molar-refractivity contribution < 1.29 is 13.2 Å². The quantitative estimate of drug-likeness (QED) is 0.870. The van der Waals surface area contributed by atoms with E-state index >= 15 is 0 Å². The number of rotatable bonds is 6. The summed E-state index contributed by atoms with van der Waals surface area (Å²) < 4.78 is 26.5. The van der Waals surface area contributed by atoms with Crippen LogP contribution in [0.2, 0.25) is 0 Å². The lowest BCUT2D eigenvalue weighted by atomic mass is 9.94. The van der Waals surface area contributed by atoms with Crippen molar-refractivity contribution in [1.29, 1.82) is 0 Å². The van der Waals surface area contributed by atoms with Crippen LogP contribution in [0.4, 0.5) is 0 Å². The zero-order valence-electron chi connectivity index (χ0n) is 13.0. The molecule has 2 rings (SSSR count). The van der Waals surface area contributed by atoms with Gasteiger partial charge in [-0.15, -0.1) is 0 Å².